The van der Waals surface area contributed by atoms with Crippen molar-refractivity contribution in [2.45, 2.75) is 23.6 Å². The first-order valence-corrected chi connectivity index (χ1v) is 21.5. The molecule has 0 unspecified atom stereocenters. The zero-order valence-corrected chi connectivity index (χ0v) is 34.7. The SMILES string of the molecule is Cc1cc(C)cc(S(=O)(=O)Nc2cnc(Oc3cc4ccccc4cn3)c(Cl)c2)c1.N#Cc1ccc(S(=O)(=O)Nc2cnc(Oc3cc4ccccc4cn3)c(Cl)c2)cc1. The molecule has 8 aromatic rings. The molecule has 0 aliphatic rings. The molecule has 0 spiro atoms. The van der Waals surface area contributed by atoms with Gasteiger partial charge in [-0.15, -0.1) is 0 Å². The molecule has 0 bridgehead atoms. The number of aromatic nitrogens is 4. The summed E-state index contributed by atoms with van der Waals surface area (Å²) in [6.07, 6.45) is 6.02. The third kappa shape index (κ3) is 10.1. The van der Waals surface area contributed by atoms with Crippen molar-refractivity contribution < 1.29 is 26.3 Å². The Morgan fingerprint density at radius 3 is 1.40 bits per heavy atom. The van der Waals surface area contributed by atoms with Crippen LogP contribution >= 0.6 is 23.2 Å². The predicted molar refractivity (Wildman–Crippen MR) is 231 cm³/mol. The first kappa shape index (κ1) is 41.3. The number of aryl methyl sites for hydroxylation is 2. The molecule has 0 saturated carbocycles. The lowest BCUT2D eigenvalue weighted by Gasteiger charge is -2.11. The lowest BCUT2D eigenvalue weighted by molar-refractivity contribution is 0.446. The molecule has 0 amide bonds. The van der Waals surface area contributed by atoms with E-state index in [0.717, 1.165) is 32.7 Å². The van der Waals surface area contributed by atoms with E-state index in [1.54, 1.807) is 36.7 Å². The van der Waals surface area contributed by atoms with Gasteiger partial charge in [0, 0.05) is 35.3 Å². The minimum absolute atomic E-state index is 0.0123. The van der Waals surface area contributed by atoms with Gasteiger partial charge in [0.25, 0.3) is 20.0 Å². The average molecular weight is 877 g/mol. The third-order valence-electron chi connectivity index (χ3n) is 8.53. The molecule has 4 heterocycles. The molecule has 4 aromatic carbocycles. The minimum Gasteiger partial charge on any atom is -0.419 e. The van der Waals surface area contributed by atoms with Crippen LogP contribution in [0.15, 0.2) is 150 Å². The summed E-state index contributed by atoms with van der Waals surface area (Å²) >= 11 is 12.5. The lowest BCUT2D eigenvalue weighted by atomic mass is 10.2. The Balaban J connectivity index is 0.000000181. The van der Waals surface area contributed by atoms with Gasteiger partial charge in [-0.1, -0.05) is 77.8 Å². The summed E-state index contributed by atoms with van der Waals surface area (Å²) in [6.45, 7) is 3.69. The van der Waals surface area contributed by atoms with E-state index in [0.29, 0.717) is 17.3 Å². The van der Waals surface area contributed by atoms with Crippen molar-refractivity contribution in [3.63, 3.8) is 0 Å². The molecule has 0 radical (unpaired) electrons. The van der Waals surface area contributed by atoms with E-state index in [4.69, 9.17) is 37.9 Å². The van der Waals surface area contributed by atoms with E-state index in [1.807, 2.05) is 74.5 Å². The molecule has 0 aliphatic carbocycles. The predicted octanol–water partition coefficient (Wildman–Crippen LogP) is 10.2. The summed E-state index contributed by atoms with van der Waals surface area (Å²) in [7, 11) is -7.64. The number of ether oxygens (including phenoxy) is 2. The maximum absolute atomic E-state index is 12.7. The van der Waals surface area contributed by atoms with Gasteiger partial charge >= 0.3 is 0 Å². The van der Waals surface area contributed by atoms with Gasteiger partial charge in [-0.2, -0.15) is 5.26 Å². The number of sulfonamides is 2. The molecule has 4 aromatic heterocycles. The zero-order valence-electron chi connectivity index (χ0n) is 31.5. The highest BCUT2D eigenvalue weighted by molar-refractivity contribution is 7.93. The third-order valence-corrected chi connectivity index (χ3v) is 11.8. The van der Waals surface area contributed by atoms with Crippen molar-refractivity contribution in [1.82, 2.24) is 19.9 Å². The van der Waals surface area contributed by atoms with Gasteiger partial charge in [0.15, 0.2) is 0 Å². The highest BCUT2D eigenvalue weighted by Gasteiger charge is 2.18. The zero-order chi connectivity index (χ0) is 42.4. The van der Waals surface area contributed by atoms with E-state index in [2.05, 4.69) is 29.4 Å². The molecule has 2 N–H and O–H groups in total. The van der Waals surface area contributed by atoms with Crippen molar-refractivity contribution in [3.05, 3.63) is 167 Å². The van der Waals surface area contributed by atoms with Crippen LogP contribution in [-0.2, 0) is 20.0 Å². The Labute approximate surface area is 355 Å². The highest BCUT2D eigenvalue weighted by Crippen LogP contribution is 2.32. The number of hydrogen-bond acceptors (Lipinski definition) is 11. The first-order chi connectivity index (χ1) is 28.7. The normalized spacial score (nSPS) is 11.2. The van der Waals surface area contributed by atoms with Crippen LogP contribution in [0.1, 0.15) is 16.7 Å². The summed E-state index contributed by atoms with van der Waals surface area (Å²) in [4.78, 5) is 16.9. The van der Waals surface area contributed by atoms with Gasteiger partial charge in [0.2, 0.25) is 23.5 Å². The molecular weight excluding hydrogens is 846 g/mol. The van der Waals surface area contributed by atoms with Crippen LogP contribution in [0.25, 0.3) is 21.5 Å². The maximum Gasteiger partial charge on any atom is 0.261 e. The number of halogens is 2. The fraction of sp³-hybridized carbons (Fsp3) is 0.0465. The Morgan fingerprint density at radius 2 is 0.967 bits per heavy atom. The number of nitrogens with one attached hydrogen (secondary N) is 2. The number of anilines is 2. The van der Waals surface area contributed by atoms with Crippen LogP contribution in [-0.4, -0.2) is 36.8 Å². The summed E-state index contributed by atoms with van der Waals surface area (Å²) in [5, 5.41) is 13.0. The second-order valence-corrected chi connectivity index (χ2v) is 17.3. The van der Waals surface area contributed by atoms with Crippen molar-refractivity contribution in [3.8, 4) is 29.6 Å². The van der Waals surface area contributed by atoms with E-state index < -0.39 is 20.0 Å². The van der Waals surface area contributed by atoms with Crippen LogP contribution in [0.3, 0.4) is 0 Å². The van der Waals surface area contributed by atoms with Gasteiger partial charge in [-0.25, -0.2) is 36.8 Å². The molecular formula is C43H31Cl2N7O6S2. The Bertz CT molecular complexity index is 3150. The highest BCUT2D eigenvalue weighted by atomic mass is 35.5. The van der Waals surface area contributed by atoms with E-state index in [-0.39, 0.29) is 43.0 Å². The molecule has 0 atom stereocenters. The fourth-order valence-corrected chi connectivity index (χ4v) is 8.44. The number of fused-ring (bicyclic) bond motifs is 2. The van der Waals surface area contributed by atoms with Crippen molar-refractivity contribution in [1.29, 1.82) is 5.26 Å². The number of benzene rings is 4. The molecule has 0 fully saturated rings. The van der Waals surface area contributed by atoms with Crippen LogP contribution < -0.4 is 18.9 Å². The molecule has 0 aliphatic heterocycles. The van der Waals surface area contributed by atoms with Crippen molar-refractivity contribution >= 4 is 76.2 Å². The number of pyridine rings is 4. The smallest absolute Gasteiger partial charge is 0.261 e. The standard InChI is InChI=1S/C22H18ClN3O3S.C21H13ClN4O3S/c1-14-7-15(2)9-19(8-14)30(27,28)26-18-11-20(23)22(25-13-18)29-21-10-16-5-3-4-6-17(16)12-24-21;22-19-10-17(26-30(27,28)18-7-5-14(11-23)6-8-18)13-25-21(19)29-20-9-15-3-1-2-4-16(15)12-24-20/h3-13,26H,1-2H3;1-10,12-13,26H. The first-order valence-electron chi connectivity index (χ1n) is 17.8. The van der Waals surface area contributed by atoms with Crippen molar-refractivity contribution in [2.24, 2.45) is 0 Å². The Hall–Kier alpha value is -6.83. The van der Waals surface area contributed by atoms with Crippen LogP contribution in [0.5, 0.6) is 23.5 Å². The largest absolute Gasteiger partial charge is 0.419 e. The maximum atomic E-state index is 12.7. The number of nitriles is 1. The molecule has 8 rings (SSSR count). The lowest BCUT2D eigenvalue weighted by Crippen LogP contribution is -2.13. The summed E-state index contributed by atoms with van der Waals surface area (Å²) in [6, 6.07) is 34.4. The minimum atomic E-state index is -3.86. The van der Waals surface area contributed by atoms with Crippen LogP contribution in [0, 0.1) is 25.2 Å². The van der Waals surface area contributed by atoms with Crippen LogP contribution in [0.4, 0.5) is 11.4 Å². The fourth-order valence-electron chi connectivity index (χ4n) is 5.77. The molecule has 300 valence electrons. The quantitative estimate of drug-likeness (QED) is 0.133. The molecule has 60 heavy (non-hydrogen) atoms. The van der Waals surface area contributed by atoms with E-state index in [9.17, 15) is 16.8 Å². The Kier molecular flexibility index (Phi) is 12.1. The Morgan fingerprint density at radius 1 is 0.533 bits per heavy atom. The van der Waals surface area contributed by atoms with E-state index >= 15 is 0 Å². The average Bonchev–Trinajstić information content (AvgIpc) is 3.22. The molecule has 13 nitrogen and oxygen atoms in total. The van der Waals surface area contributed by atoms with Gasteiger partial charge in [0.1, 0.15) is 10.0 Å². The second-order valence-electron chi connectivity index (χ2n) is 13.1. The van der Waals surface area contributed by atoms with Gasteiger partial charge < -0.3 is 9.47 Å². The summed E-state index contributed by atoms with van der Waals surface area (Å²) in [5.41, 5.74) is 2.49. The number of rotatable bonds is 10. The van der Waals surface area contributed by atoms with Gasteiger partial charge in [0.05, 0.1) is 45.2 Å². The van der Waals surface area contributed by atoms with E-state index in [1.165, 1.54) is 48.8 Å². The summed E-state index contributed by atoms with van der Waals surface area (Å²) < 4.78 is 66.6. The monoisotopic (exact) mass is 875 g/mol. The number of hydrogen-bond donors (Lipinski definition) is 2. The topological polar surface area (TPSA) is 186 Å². The van der Waals surface area contributed by atoms with Gasteiger partial charge in [-0.05, 0) is 84.3 Å². The molecule has 0 saturated heterocycles. The van der Waals surface area contributed by atoms with Gasteiger partial charge in [-0.3, -0.25) is 9.44 Å². The van der Waals surface area contributed by atoms with Crippen molar-refractivity contribution in [2.75, 3.05) is 9.44 Å². The number of nitrogens with zero attached hydrogens (tertiary/aromatic N) is 5. The summed E-state index contributed by atoms with van der Waals surface area (Å²) in [5.74, 6) is 0.884. The second kappa shape index (κ2) is 17.6. The molecule has 17 heteroatoms. The van der Waals surface area contributed by atoms with Crippen LogP contribution in [0.2, 0.25) is 10.0 Å².